The maximum absolute atomic E-state index is 11.8. The first kappa shape index (κ1) is 13.2. The second-order valence-corrected chi connectivity index (χ2v) is 4.88. The number of halogens is 1. The van der Waals surface area contributed by atoms with Gasteiger partial charge in [-0.05, 0) is 41.1 Å². The fourth-order valence-corrected chi connectivity index (χ4v) is 2.02. The lowest BCUT2D eigenvalue weighted by atomic mass is 10.1. The van der Waals surface area contributed by atoms with Gasteiger partial charge in [-0.2, -0.15) is 0 Å². The molecule has 0 amide bonds. The highest BCUT2D eigenvalue weighted by Crippen LogP contribution is 2.18. The topological polar surface area (TPSA) is 67.9 Å². The normalized spacial score (nSPS) is 10.6. The molecule has 5 nitrogen and oxygen atoms in total. The van der Waals surface area contributed by atoms with Crippen LogP contribution in [0.5, 0.6) is 0 Å². The number of hydrogen-bond acceptors (Lipinski definition) is 4. The Hall–Kier alpha value is -1.28. The Kier molecular flexibility index (Phi) is 4.07. The Morgan fingerprint density at radius 3 is 2.94 bits per heavy atom. The Morgan fingerprint density at radius 1 is 1.50 bits per heavy atom. The van der Waals surface area contributed by atoms with E-state index in [1.807, 2.05) is 35.6 Å². The minimum absolute atomic E-state index is 0.149. The third-order valence-electron chi connectivity index (χ3n) is 2.49. The average Bonchev–Trinajstić information content (AvgIpc) is 2.35. The summed E-state index contributed by atoms with van der Waals surface area (Å²) in [6.45, 7) is 2.25. The van der Waals surface area contributed by atoms with E-state index >= 15 is 0 Å². The van der Waals surface area contributed by atoms with Gasteiger partial charge < -0.3 is 9.72 Å². The van der Waals surface area contributed by atoms with Gasteiger partial charge in [-0.3, -0.25) is 9.78 Å². The Morgan fingerprint density at radius 2 is 2.28 bits per heavy atom. The lowest BCUT2D eigenvalue weighted by molar-refractivity contribution is 0.180. The first-order chi connectivity index (χ1) is 8.63. The van der Waals surface area contributed by atoms with Gasteiger partial charge in [0, 0.05) is 25.1 Å². The summed E-state index contributed by atoms with van der Waals surface area (Å²) in [5, 5.41) is 0. The molecule has 0 aliphatic carbocycles. The smallest absolute Gasteiger partial charge is 0.264 e. The zero-order valence-corrected chi connectivity index (χ0v) is 12.2. The van der Waals surface area contributed by atoms with Crippen LogP contribution in [-0.2, 0) is 11.3 Å². The molecule has 0 atom stereocenters. The van der Waals surface area contributed by atoms with Crippen LogP contribution in [-0.4, -0.2) is 22.1 Å². The van der Waals surface area contributed by atoms with Gasteiger partial charge >= 0.3 is 0 Å². The second kappa shape index (κ2) is 5.57. The van der Waals surface area contributed by atoms with E-state index < -0.39 is 0 Å². The van der Waals surface area contributed by atoms with Gasteiger partial charge in [-0.1, -0.05) is 0 Å². The predicted molar refractivity (Wildman–Crippen MR) is 76.3 cm³/mol. The van der Waals surface area contributed by atoms with E-state index in [2.05, 4.69) is 15.0 Å². The summed E-state index contributed by atoms with van der Waals surface area (Å²) in [4.78, 5) is 23.1. The first-order valence-electron chi connectivity index (χ1n) is 5.32. The van der Waals surface area contributed by atoms with Gasteiger partial charge in [0.25, 0.3) is 5.56 Å². The maximum atomic E-state index is 11.8. The lowest BCUT2D eigenvalue weighted by Crippen LogP contribution is -2.17. The van der Waals surface area contributed by atoms with Crippen molar-refractivity contribution in [2.45, 2.75) is 13.5 Å². The van der Waals surface area contributed by atoms with E-state index in [0.717, 1.165) is 11.1 Å². The van der Waals surface area contributed by atoms with Gasteiger partial charge in [-0.15, -0.1) is 0 Å². The van der Waals surface area contributed by atoms with Crippen molar-refractivity contribution in [2.24, 2.45) is 0 Å². The number of nitrogens with one attached hydrogen (secondary N) is 1. The molecule has 1 N–H and O–H groups in total. The highest BCUT2D eigenvalue weighted by molar-refractivity contribution is 14.1. The molecule has 2 rings (SSSR count). The molecule has 18 heavy (non-hydrogen) atoms. The summed E-state index contributed by atoms with van der Waals surface area (Å²) in [5.41, 5.74) is 2.33. The third-order valence-corrected chi connectivity index (χ3v) is 3.60. The van der Waals surface area contributed by atoms with Crippen LogP contribution in [0, 0.1) is 10.5 Å². The fourth-order valence-electron chi connectivity index (χ4n) is 1.60. The first-order valence-corrected chi connectivity index (χ1v) is 6.40. The molecule has 0 unspecified atom stereocenters. The molecule has 0 radical (unpaired) electrons. The summed E-state index contributed by atoms with van der Waals surface area (Å²) < 4.78 is 5.61. The van der Waals surface area contributed by atoms with Crippen molar-refractivity contribution < 1.29 is 4.74 Å². The minimum atomic E-state index is -0.149. The van der Waals surface area contributed by atoms with Crippen LogP contribution in [0.15, 0.2) is 23.3 Å². The number of rotatable bonds is 3. The quantitative estimate of drug-likeness (QED) is 0.852. The number of H-pyrrole nitrogens is 1. The average molecular weight is 357 g/mol. The number of pyridine rings is 1. The zero-order valence-electron chi connectivity index (χ0n) is 10.0. The van der Waals surface area contributed by atoms with Crippen LogP contribution in [0.3, 0.4) is 0 Å². The van der Waals surface area contributed by atoms with Crippen molar-refractivity contribution in [3.63, 3.8) is 0 Å². The van der Waals surface area contributed by atoms with Crippen LogP contribution in [0.25, 0.3) is 11.4 Å². The van der Waals surface area contributed by atoms with Crippen molar-refractivity contribution in [3.05, 3.63) is 43.6 Å². The van der Waals surface area contributed by atoms with Crippen molar-refractivity contribution in [1.29, 1.82) is 0 Å². The standard InChI is InChI=1S/C12H12IN3O2/c1-7-5-14-4-3-8(7)11-15-9(6-18-2)10(13)12(17)16-11/h3-5H,6H2,1-2H3,(H,15,16,17). The summed E-state index contributed by atoms with van der Waals surface area (Å²) in [7, 11) is 1.58. The summed E-state index contributed by atoms with van der Waals surface area (Å²) >= 11 is 1.97. The number of methoxy groups -OCH3 is 1. The number of aromatic nitrogens is 3. The molecule has 94 valence electrons. The molecule has 6 heteroatoms. The third kappa shape index (κ3) is 2.59. The number of aryl methyl sites for hydroxylation is 1. The molecule has 0 saturated heterocycles. The largest absolute Gasteiger partial charge is 0.378 e. The van der Waals surface area contributed by atoms with Crippen molar-refractivity contribution in [3.8, 4) is 11.4 Å². The second-order valence-electron chi connectivity index (χ2n) is 3.80. The van der Waals surface area contributed by atoms with E-state index in [1.165, 1.54) is 0 Å². The summed E-state index contributed by atoms with van der Waals surface area (Å²) in [5.74, 6) is 0.548. The van der Waals surface area contributed by atoms with Crippen molar-refractivity contribution in [2.75, 3.05) is 7.11 Å². The fraction of sp³-hybridized carbons (Fsp3) is 0.250. The molecule has 0 spiro atoms. The number of aromatic amines is 1. The zero-order chi connectivity index (χ0) is 13.1. The molecular formula is C12H12IN3O2. The maximum Gasteiger partial charge on any atom is 0.264 e. The SMILES string of the molecule is COCc1nc(-c2ccncc2C)[nH]c(=O)c1I. The molecular weight excluding hydrogens is 345 g/mol. The van der Waals surface area contributed by atoms with Crippen molar-refractivity contribution >= 4 is 22.6 Å². The van der Waals surface area contributed by atoms with E-state index in [4.69, 9.17) is 4.74 Å². The monoisotopic (exact) mass is 357 g/mol. The van der Waals surface area contributed by atoms with E-state index in [0.29, 0.717) is 21.7 Å². The number of ether oxygens (including phenoxy) is 1. The van der Waals surface area contributed by atoms with E-state index in [9.17, 15) is 4.79 Å². The lowest BCUT2D eigenvalue weighted by Gasteiger charge is -2.07. The van der Waals surface area contributed by atoms with Gasteiger partial charge in [0.1, 0.15) is 9.39 Å². The van der Waals surface area contributed by atoms with Crippen LogP contribution in [0.1, 0.15) is 11.3 Å². The van der Waals surface area contributed by atoms with Crippen LogP contribution < -0.4 is 5.56 Å². The van der Waals surface area contributed by atoms with Crippen LogP contribution in [0.2, 0.25) is 0 Å². The molecule has 0 fully saturated rings. The van der Waals surface area contributed by atoms with Crippen LogP contribution in [0.4, 0.5) is 0 Å². The Labute approximate surface area is 118 Å². The molecule has 2 heterocycles. The highest BCUT2D eigenvalue weighted by atomic mass is 127. The van der Waals surface area contributed by atoms with Gasteiger partial charge in [0.2, 0.25) is 0 Å². The Balaban J connectivity index is 2.59. The minimum Gasteiger partial charge on any atom is -0.378 e. The van der Waals surface area contributed by atoms with E-state index in [-0.39, 0.29) is 5.56 Å². The molecule has 0 aliphatic heterocycles. The highest BCUT2D eigenvalue weighted by Gasteiger charge is 2.11. The van der Waals surface area contributed by atoms with Gasteiger partial charge in [-0.25, -0.2) is 4.98 Å². The summed E-state index contributed by atoms with van der Waals surface area (Å²) in [6.07, 6.45) is 3.42. The number of hydrogen-bond donors (Lipinski definition) is 1. The molecule has 2 aromatic heterocycles. The van der Waals surface area contributed by atoms with E-state index in [1.54, 1.807) is 19.5 Å². The van der Waals surface area contributed by atoms with Gasteiger partial charge in [0.15, 0.2) is 0 Å². The molecule has 0 aliphatic rings. The van der Waals surface area contributed by atoms with Crippen LogP contribution >= 0.6 is 22.6 Å². The molecule has 0 bridgehead atoms. The molecule has 0 aromatic carbocycles. The Bertz CT molecular complexity index is 625. The molecule has 0 saturated carbocycles. The van der Waals surface area contributed by atoms with Crippen molar-refractivity contribution in [1.82, 2.24) is 15.0 Å². The summed E-state index contributed by atoms with van der Waals surface area (Å²) in [6, 6.07) is 1.83. The molecule has 2 aromatic rings. The predicted octanol–water partition coefficient (Wildman–Crippen LogP) is 1.89. The number of nitrogens with zero attached hydrogens (tertiary/aromatic N) is 2. The van der Waals surface area contributed by atoms with Gasteiger partial charge in [0.05, 0.1) is 12.3 Å².